The van der Waals surface area contributed by atoms with Crippen LogP contribution in [0.25, 0.3) is 0 Å². The van der Waals surface area contributed by atoms with Gasteiger partial charge in [-0.2, -0.15) is 4.98 Å². The maximum absolute atomic E-state index is 5.79. The molecule has 1 heterocycles. The van der Waals surface area contributed by atoms with Crippen LogP contribution in [0.1, 0.15) is 35.3 Å². The Balaban J connectivity index is 1.69. The van der Waals surface area contributed by atoms with E-state index in [1.807, 2.05) is 6.07 Å². The molecular weight excluding hydrogens is 228 g/mol. The molecule has 1 unspecified atom stereocenters. The maximum atomic E-state index is 5.79. The summed E-state index contributed by atoms with van der Waals surface area (Å²) >= 11 is 0. The first-order chi connectivity index (χ1) is 8.72. The monoisotopic (exact) mass is 244 g/mol. The van der Waals surface area contributed by atoms with Crippen molar-refractivity contribution in [3.63, 3.8) is 0 Å². The number of benzene rings is 1. The Kier molecular flexibility index (Phi) is 2.76. The minimum Gasteiger partial charge on any atom is -0.399 e. The third-order valence-electron chi connectivity index (χ3n) is 3.32. The number of rotatable bonds is 3. The van der Waals surface area contributed by atoms with Gasteiger partial charge in [0.2, 0.25) is 5.89 Å². The quantitative estimate of drug-likeness (QED) is 0.804. The van der Waals surface area contributed by atoms with E-state index in [-0.39, 0.29) is 0 Å². The Labute approximate surface area is 105 Å². The Bertz CT molecular complexity index is 564. The summed E-state index contributed by atoms with van der Waals surface area (Å²) < 4.78 is 4.95. The summed E-state index contributed by atoms with van der Waals surface area (Å²) in [6, 6.07) is 6.49. The lowest BCUT2D eigenvalue weighted by molar-refractivity contribution is 0.383. The lowest BCUT2D eigenvalue weighted by atomic mass is 10.1. The Hall–Kier alpha value is -1.88. The predicted molar refractivity (Wildman–Crippen MR) is 67.8 cm³/mol. The summed E-state index contributed by atoms with van der Waals surface area (Å²) in [4.78, 5) is 4.18. The molecule has 5 nitrogen and oxygen atoms in total. The molecule has 1 aliphatic rings. The van der Waals surface area contributed by atoms with Crippen LogP contribution in [-0.4, -0.2) is 10.1 Å². The molecule has 1 atom stereocenters. The zero-order chi connectivity index (χ0) is 12.5. The highest BCUT2D eigenvalue weighted by Gasteiger charge is 2.22. The van der Waals surface area contributed by atoms with Gasteiger partial charge in [0.05, 0.1) is 6.54 Å². The Morgan fingerprint density at radius 3 is 3.17 bits per heavy atom. The van der Waals surface area contributed by atoms with Crippen LogP contribution in [0, 0.1) is 6.92 Å². The number of nitrogens with zero attached hydrogens (tertiary/aromatic N) is 2. The minimum atomic E-state index is 0.361. The number of nitrogen functional groups attached to an aromatic ring is 1. The van der Waals surface area contributed by atoms with Crippen LogP contribution in [0.4, 0.5) is 5.69 Å². The van der Waals surface area contributed by atoms with Crippen molar-refractivity contribution in [2.45, 2.75) is 32.4 Å². The molecule has 0 fully saturated rings. The van der Waals surface area contributed by atoms with Crippen molar-refractivity contribution in [2.75, 3.05) is 5.73 Å². The van der Waals surface area contributed by atoms with E-state index >= 15 is 0 Å². The third kappa shape index (κ3) is 2.09. The highest BCUT2D eigenvalue weighted by Crippen LogP contribution is 2.32. The van der Waals surface area contributed by atoms with Gasteiger partial charge in [0.25, 0.3) is 0 Å². The largest absolute Gasteiger partial charge is 0.399 e. The summed E-state index contributed by atoms with van der Waals surface area (Å²) in [6.07, 6.45) is 2.17. The van der Waals surface area contributed by atoms with E-state index in [0.29, 0.717) is 24.3 Å². The minimum absolute atomic E-state index is 0.361. The van der Waals surface area contributed by atoms with Crippen molar-refractivity contribution >= 4 is 5.69 Å². The zero-order valence-corrected chi connectivity index (χ0v) is 10.3. The van der Waals surface area contributed by atoms with E-state index in [2.05, 4.69) is 27.6 Å². The van der Waals surface area contributed by atoms with Gasteiger partial charge in [-0.3, -0.25) is 0 Å². The van der Waals surface area contributed by atoms with Crippen molar-refractivity contribution < 1.29 is 4.52 Å². The molecule has 0 spiro atoms. The zero-order valence-electron chi connectivity index (χ0n) is 10.3. The highest BCUT2D eigenvalue weighted by molar-refractivity contribution is 5.47. The molecule has 1 aromatic heterocycles. The Morgan fingerprint density at radius 2 is 2.39 bits per heavy atom. The van der Waals surface area contributed by atoms with Crippen molar-refractivity contribution in [1.82, 2.24) is 15.5 Å². The summed E-state index contributed by atoms with van der Waals surface area (Å²) in [6.45, 7) is 2.43. The SMILES string of the molecule is Cc1nc(CNC2CCc3cc(N)ccc32)no1. The van der Waals surface area contributed by atoms with Crippen LogP contribution in [0.2, 0.25) is 0 Å². The number of nitrogens with two attached hydrogens (primary N) is 1. The normalized spacial score (nSPS) is 17.9. The summed E-state index contributed by atoms with van der Waals surface area (Å²) in [5.41, 5.74) is 9.31. The molecular formula is C13H16N4O. The van der Waals surface area contributed by atoms with E-state index in [9.17, 15) is 0 Å². The van der Waals surface area contributed by atoms with Gasteiger partial charge in [0.15, 0.2) is 5.82 Å². The van der Waals surface area contributed by atoms with Gasteiger partial charge in [-0.1, -0.05) is 11.2 Å². The number of anilines is 1. The first kappa shape index (κ1) is 11.2. The third-order valence-corrected chi connectivity index (χ3v) is 3.32. The van der Waals surface area contributed by atoms with Crippen LogP contribution in [0.3, 0.4) is 0 Å². The molecule has 18 heavy (non-hydrogen) atoms. The number of aryl methyl sites for hydroxylation is 2. The summed E-state index contributed by atoms with van der Waals surface area (Å²) in [5, 5.41) is 7.34. The fraction of sp³-hybridized carbons (Fsp3) is 0.385. The molecule has 3 N–H and O–H groups in total. The molecule has 0 amide bonds. The number of fused-ring (bicyclic) bond motifs is 1. The van der Waals surface area contributed by atoms with E-state index < -0.39 is 0 Å². The second kappa shape index (κ2) is 4.42. The van der Waals surface area contributed by atoms with Gasteiger partial charge < -0.3 is 15.6 Å². The second-order valence-electron chi connectivity index (χ2n) is 4.66. The second-order valence-corrected chi connectivity index (χ2v) is 4.66. The average molecular weight is 244 g/mol. The fourth-order valence-electron chi connectivity index (χ4n) is 2.48. The van der Waals surface area contributed by atoms with Gasteiger partial charge in [-0.15, -0.1) is 0 Å². The van der Waals surface area contributed by atoms with E-state index in [4.69, 9.17) is 10.3 Å². The van der Waals surface area contributed by atoms with E-state index in [0.717, 1.165) is 18.5 Å². The number of hydrogen-bond donors (Lipinski definition) is 2. The van der Waals surface area contributed by atoms with Crippen LogP contribution in [0.5, 0.6) is 0 Å². The molecule has 0 saturated carbocycles. The van der Waals surface area contributed by atoms with Crippen molar-refractivity contribution in [1.29, 1.82) is 0 Å². The number of aromatic nitrogens is 2. The maximum Gasteiger partial charge on any atom is 0.223 e. The topological polar surface area (TPSA) is 77.0 Å². The molecule has 0 radical (unpaired) electrons. The van der Waals surface area contributed by atoms with E-state index in [1.54, 1.807) is 6.92 Å². The predicted octanol–water partition coefficient (Wildman–Crippen LogP) is 1.74. The first-order valence-electron chi connectivity index (χ1n) is 6.13. The molecule has 5 heteroatoms. The van der Waals surface area contributed by atoms with Crippen LogP contribution in [-0.2, 0) is 13.0 Å². The first-order valence-corrected chi connectivity index (χ1v) is 6.13. The standard InChI is InChI=1S/C13H16N4O/c1-8-16-13(17-18-8)7-15-12-5-2-9-6-10(14)3-4-11(9)12/h3-4,6,12,15H,2,5,7,14H2,1H3. The van der Waals surface area contributed by atoms with Gasteiger partial charge in [-0.05, 0) is 36.1 Å². The van der Waals surface area contributed by atoms with Gasteiger partial charge in [-0.25, -0.2) is 0 Å². The molecule has 0 aliphatic heterocycles. The average Bonchev–Trinajstić information content (AvgIpc) is 2.92. The molecule has 3 rings (SSSR count). The van der Waals surface area contributed by atoms with Gasteiger partial charge in [0, 0.05) is 18.7 Å². The lowest BCUT2D eigenvalue weighted by Gasteiger charge is -2.12. The summed E-state index contributed by atoms with van der Waals surface area (Å²) in [5.74, 6) is 1.31. The molecule has 2 aromatic rings. The van der Waals surface area contributed by atoms with Crippen LogP contribution >= 0.6 is 0 Å². The fourth-order valence-corrected chi connectivity index (χ4v) is 2.48. The van der Waals surface area contributed by atoms with Crippen LogP contribution in [0.15, 0.2) is 22.7 Å². The van der Waals surface area contributed by atoms with Crippen molar-refractivity contribution in [2.24, 2.45) is 0 Å². The molecule has 1 aromatic carbocycles. The van der Waals surface area contributed by atoms with Gasteiger partial charge in [0.1, 0.15) is 0 Å². The highest BCUT2D eigenvalue weighted by atomic mass is 16.5. The van der Waals surface area contributed by atoms with E-state index in [1.165, 1.54) is 11.1 Å². The van der Waals surface area contributed by atoms with Gasteiger partial charge >= 0.3 is 0 Å². The molecule has 94 valence electrons. The molecule has 1 aliphatic carbocycles. The number of hydrogen-bond acceptors (Lipinski definition) is 5. The lowest BCUT2D eigenvalue weighted by Crippen LogP contribution is -2.19. The molecule has 0 saturated heterocycles. The Morgan fingerprint density at radius 1 is 1.50 bits per heavy atom. The van der Waals surface area contributed by atoms with Crippen molar-refractivity contribution in [3.05, 3.63) is 41.0 Å². The molecule has 0 bridgehead atoms. The summed E-state index contributed by atoms with van der Waals surface area (Å²) in [7, 11) is 0. The van der Waals surface area contributed by atoms with Crippen LogP contribution < -0.4 is 11.1 Å². The number of nitrogens with one attached hydrogen (secondary N) is 1. The smallest absolute Gasteiger partial charge is 0.223 e. The van der Waals surface area contributed by atoms with Crippen molar-refractivity contribution in [3.8, 4) is 0 Å².